The average molecular weight is 463 g/mol. The summed E-state index contributed by atoms with van der Waals surface area (Å²) in [4.78, 5) is 18.1. The first-order chi connectivity index (χ1) is 14.5. The summed E-state index contributed by atoms with van der Waals surface area (Å²) in [6.07, 6.45) is 0. The lowest BCUT2D eigenvalue weighted by atomic mass is 10.1. The molecule has 0 radical (unpaired) electrons. The Morgan fingerprint density at radius 1 is 1.27 bits per heavy atom. The van der Waals surface area contributed by atoms with E-state index in [0.29, 0.717) is 35.2 Å². The number of ether oxygens (including phenoxy) is 2. The number of halogens is 1. The number of aryl methyl sites for hydroxylation is 1. The Morgan fingerprint density at radius 2 is 2.03 bits per heavy atom. The number of hydrogen-bond acceptors (Lipinski definition) is 6. The van der Waals surface area contributed by atoms with Gasteiger partial charge in [-0.2, -0.15) is 0 Å². The zero-order chi connectivity index (χ0) is 21.5. The molecule has 0 atom stereocenters. The second-order valence-corrected chi connectivity index (χ2v) is 8.91. The van der Waals surface area contributed by atoms with Crippen molar-refractivity contribution in [1.82, 2.24) is 10.3 Å². The van der Waals surface area contributed by atoms with Gasteiger partial charge < -0.3 is 14.8 Å². The van der Waals surface area contributed by atoms with Crippen LogP contribution in [-0.4, -0.2) is 24.6 Å². The highest BCUT2D eigenvalue weighted by atomic mass is 35.5. The average Bonchev–Trinajstić information content (AvgIpc) is 3.17. The number of nitrogens with zero attached hydrogens (tertiary/aromatic N) is 1. The molecular weight excluding hydrogens is 440 g/mol. The molecule has 158 valence electrons. The quantitative estimate of drug-likeness (QED) is 0.411. The van der Waals surface area contributed by atoms with Crippen LogP contribution in [0.2, 0.25) is 5.02 Å². The number of carbonyl (C=O) groups is 1. The molecule has 3 aromatic rings. The molecule has 0 aliphatic carbocycles. The van der Waals surface area contributed by atoms with E-state index in [0.717, 1.165) is 26.9 Å². The molecule has 0 bridgehead atoms. The number of nitrogens with one attached hydrogen (secondary N) is 1. The molecule has 0 aliphatic heterocycles. The fourth-order valence-corrected chi connectivity index (χ4v) is 4.58. The van der Waals surface area contributed by atoms with Crippen molar-refractivity contribution in [3.63, 3.8) is 0 Å². The number of thioether (sulfide) groups is 1. The maximum atomic E-state index is 12.5. The third-order valence-corrected chi connectivity index (χ3v) is 6.35. The Kier molecular flexibility index (Phi) is 8.01. The number of amides is 1. The van der Waals surface area contributed by atoms with Crippen molar-refractivity contribution in [3.8, 4) is 11.5 Å². The van der Waals surface area contributed by atoms with Gasteiger partial charge in [-0.1, -0.05) is 11.6 Å². The molecule has 2 aromatic carbocycles. The Balaban J connectivity index is 1.57. The first-order valence-electron chi connectivity index (χ1n) is 9.41. The number of thiazole rings is 1. The highest BCUT2D eigenvalue weighted by molar-refractivity contribution is 7.98. The maximum absolute atomic E-state index is 12.5. The van der Waals surface area contributed by atoms with Crippen molar-refractivity contribution in [2.45, 2.75) is 31.0 Å². The molecule has 0 spiro atoms. The van der Waals surface area contributed by atoms with E-state index in [1.54, 1.807) is 36.3 Å². The summed E-state index contributed by atoms with van der Waals surface area (Å²) in [6.45, 7) is 4.71. The molecule has 0 saturated carbocycles. The molecule has 1 N–H and O–H groups in total. The summed E-state index contributed by atoms with van der Waals surface area (Å²) in [5.74, 6) is 1.73. The fraction of sp³-hybridized carbons (Fsp3) is 0.273. The molecule has 0 unspecified atom stereocenters. The van der Waals surface area contributed by atoms with E-state index in [9.17, 15) is 4.79 Å². The van der Waals surface area contributed by atoms with Crippen LogP contribution in [0.5, 0.6) is 11.5 Å². The highest BCUT2D eigenvalue weighted by Gasteiger charge is 2.13. The van der Waals surface area contributed by atoms with Gasteiger partial charge in [0.1, 0.15) is 0 Å². The van der Waals surface area contributed by atoms with E-state index < -0.39 is 0 Å². The number of rotatable bonds is 9. The van der Waals surface area contributed by atoms with Crippen LogP contribution < -0.4 is 14.8 Å². The van der Waals surface area contributed by atoms with Crippen LogP contribution in [0.4, 0.5) is 0 Å². The van der Waals surface area contributed by atoms with E-state index in [1.165, 1.54) is 0 Å². The van der Waals surface area contributed by atoms with Crippen molar-refractivity contribution in [2.24, 2.45) is 0 Å². The van der Waals surface area contributed by atoms with Gasteiger partial charge in [-0.3, -0.25) is 4.79 Å². The second kappa shape index (κ2) is 10.7. The zero-order valence-corrected chi connectivity index (χ0v) is 19.4. The minimum absolute atomic E-state index is 0.148. The lowest BCUT2D eigenvalue weighted by Gasteiger charge is -2.13. The molecule has 0 aliphatic rings. The van der Waals surface area contributed by atoms with Crippen molar-refractivity contribution in [2.75, 3.05) is 13.7 Å². The third kappa shape index (κ3) is 5.90. The summed E-state index contributed by atoms with van der Waals surface area (Å²) in [7, 11) is 1.56. The number of methoxy groups -OCH3 is 1. The van der Waals surface area contributed by atoms with Gasteiger partial charge in [-0.05, 0) is 55.8 Å². The fourth-order valence-electron chi connectivity index (χ4n) is 2.78. The first-order valence-corrected chi connectivity index (χ1v) is 11.7. The molecule has 1 heterocycles. The lowest BCUT2D eigenvalue weighted by Crippen LogP contribution is -2.22. The minimum atomic E-state index is -0.148. The van der Waals surface area contributed by atoms with E-state index >= 15 is 0 Å². The molecule has 30 heavy (non-hydrogen) atoms. The van der Waals surface area contributed by atoms with E-state index in [-0.39, 0.29) is 5.91 Å². The summed E-state index contributed by atoms with van der Waals surface area (Å²) in [5.41, 5.74) is 2.51. The number of benzene rings is 2. The van der Waals surface area contributed by atoms with E-state index in [1.807, 2.05) is 44.2 Å². The van der Waals surface area contributed by atoms with Crippen LogP contribution in [0, 0.1) is 6.92 Å². The molecule has 8 heteroatoms. The largest absolute Gasteiger partial charge is 0.493 e. The van der Waals surface area contributed by atoms with Gasteiger partial charge in [0.05, 0.1) is 29.4 Å². The molecule has 5 nitrogen and oxygen atoms in total. The molecule has 3 rings (SSSR count). The SMILES string of the molecule is CCOc1c(Cl)cc(CNC(=O)c2ccc(SCc3csc(C)n3)cc2)cc1OC. The van der Waals surface area contributed by atoms with Gasteiger partial charge in [0, 0.05) is 28.1 Å². The molecule has 1 aromatic heterocycles. The summed E-state index contributed by atoms with van der Waals surface area (Å²) < 4.78 is 10.9. The van der Waals surface area contributed by atoms with Crippen LogP contribution in [-0.2, 0) is 12.3 Å². The van der Waals surface area contributed by atoms with Gasteiger partial charge >= 0.3 is 0 Å². The van der Waals surface area contributed by atoms with E-state index in [2.05, 4.69) is 15.7 Å². The minimum Gasteiger partial charge on any atom is -0.493 e. The number of hydrogen-bond donors (Lipinski definition) is 1. The van der Waals surface area contributed by atoms with Crippen LogP contribution in [0.15, 0.2) is 46.7 Å². The Morgan fingerprint density at radius 3 is 2.67 bits per heavy atom. The van der Waals surface area contributed by atoms with Crippen molar-refractivity contribution in [1.29, 1.82) is 0 Å². The third-order valence-electron chi connectivity index (χ3n) is 4.20. The van der Waals surface area contributed by atoms with Crippen molar-refractivity contribution < 1.29 is 14.3 Å². The standard InChI is InChI=1S/C22H23ClN2O3S2/c1-4-28-21-19(23)9-15(10-20(21)27-3)11-24-22(26)16-5-7-18(8-6-16)30-13-17-12-29-14(2)25-17/h5-10,12H,4,11,13H2,1-3H3,(H,24,26). The van der Waals surface area contributed by atoms with Gasteiger partial charge in [0.15, 0.2) is 11.5 Å². The van der Waals surface area contributed by atoms with Crippen molar-refractivity contribution >= 4 is 40.6 Å². The first kappa shape index (κ1) is 22.5. The summed E-state index contributed by atoms with van der Waals surface area (Å²) in [6, 6.07) is 11.2. The summed E-state index contributed by atoms with van der Waals surface area (Å²) >= 11 is 9.65. The highest BCUT2D eigenvalue weighted by Crippen LogP contribution is 2.36. The predicted octanol–water partition coefficient (Wildman–Crippen LogP) is 5.73. The van der Waals surface area contributed by atoms with Gasteiger partial charge in [-0.25, -0.2) is 4.98 Å². The topological polar surface area (TPSA) is 60.5 Å². The van der Waals surface area contributed by atoms with Gasteiger partial charge in [-0.15, -0.1) is 23.1 Å². The zero-order valence-electron chi connectivity index (χ0n) is 17.0. The molecule has 0 fully saturated rings. The van der Waals surface area contributed by atoms with Crippen LogP contribution in [0.3, 0.4) is 0 Å². The number of aromatic nitrogens is 1. The molecule has 1 amide bonds. The van der Waals surface area contributed by atoms with Crippen LogP contribution >= 0.6 is 34.7 Å². The van der Waals surface area contributed by atoms with Gasteiger partial charge in [0.25, 0.3) is 5.91 Å². The van der Waals surface area contributed by atoms with E-state index in [4.69, 9.17) is 21.1 Å². The smallest absolute Gasteiger partial charge is 0.251 e. The maximum Gasteiger partial charge on any atom is 0.251 e. The summed E-state index contributed by atoms with van der Waals surface area (Å²) in [5, 5.41) is 6.52. The Bertz CT molecular complexity index is 1010. The molecule has 0 saturated heterocycles. The van der Waals surface area contributed by atoms with Crippen molar-refractivity contribution in [3.05, 3.63) is 68.6 Å². The Hall–Kier alpha value is -2.22. The molecular formula is C22H23ClN2O3S2. The Labute approximate surface area is 189 Å². The normalized spacial score (nSPS) is 10.7. The van der Waals surface area contributed by atoms with Crippen LogP contribution in [0.25, 0.3) is 0 Å². The monoisotopic (exact) mass is 462 g/mol. The lowest BCUT2D eigenvalue weighted by molar-refractivity contribution is 0.0951. The number of carbonyl (C=O) groups excluding carboxylic acids is 1. The predicted molar refractivity (Wildman–Crippen MR) is 123 cm³/mol. The van der Waals surface area contributed by atoms with Gasteiger partial charge in [0.2, 0.25) is 0 Å². The second-order valence-electron chi connectivity index (χ2n) is 6.40. The van der Waals surface area contributed by atoms with Crippen LogP contribution in [0.1, 0.15) is 33.5 Å².